The van der Waals surface area contributed by atoms with Crippen LogP contribution in [0.1, 0.15) is 37.6 Å². The molecular weight excluding hydrogens is 188 g/mol. The van der Waals surface area contributed by atoms with Crippen LogP contribution < -0.4 is 0 Å². The van der Waals surface area contributed by atoms with Gasteiger partial charge in [0.15, 0.2) is 3.95 Å². The Morgan fingerprint density at radius 2 is 2.25 bits per heavy atom. The van der Waals surface area contributed by atoms with E-state index in [9.17, 15) is 0 Å². The second-order valence-electron chi connectivity index (χ2n) is 2.82. The van der Waals surface area contributed by atoms with Crippen LogP contribution in [0.25, 0.3) is 0 Å². The molecule has 0 aliphatic rings. The van der Waals surface area contributed by atoms with Crippen molar-refractivity contribution in [3.8, 4) is 0 Å². The fraction of sp³-hybridized carbons (Fsp3) is 0.750. The Hall–Kier alpha value is -0.220. The van der Waals surface area contributed by atoms with Crippen molar-refractivity contribution in [3.05, 3.63) is 8.96 Å². The quantitative estimate of drug-likeness (QED) is 0.586. The van der Waals surface area contributed by atoms with Crippen molar-refractivity contribution < 1.29 is 0 Å². The molecule has 1 aromatic heterocycles. The van der Waals surface area contributed by atoms with Crippen LogP contribution in [0.4, 0.5) is 0 Å². The van der Waals surface area contributed by atoms with Gasteiger partial charge < -0.3 is 0 Å². The van der Waals surface area contributed by atoms with Crippen molar-refractivity contribution in [2.24, 2.45) is 0 Å². The number of H-pyrrole nitrogens is 1. The van der Waals surface area contributed by atoms with Gasteiger partial charge in [-0.25, -0.2) is 0 Å². The summed E-state index contributed by atoms with van der Waals surface area (Å²) in [6.07, 6.45) is 6.25. The van der Waals surface area contributed by atoms with E-state index >= 15 is 0 Å². The molecule has 0 unspecified atom stereocenters. The number of hydrogen-bond acceptors (Lipinski definition) is 3. The molecule has 0 spiro atoms. The fourth-order valence-electron chi connectivity index (χ4n) is 1.07. The van der Waals surface area contributed by atoms with Crippen LogP contribution >= 0.6 is 23.6 Å². The predicted molar refractivity (Wildman–Crippen MR) is 55.1 cm³/mol. The Bertz CT molecular complexity index is 264. The average molecular weight is 202 g/mol. The van der Waals surface area contributed by atoms with E-state index in [1.165, 1.54) is 25.7 Å². The first-order valence-electron chi connectivity index (χ1n) is 4.37. The first kappa shape index (κ1) is 9.86. The molecule has 68 valence electrons. The van der Waals surface area contributed by atoms with Crippen LogP contribution in [0.5, 0.6) is 0 Å². The number of aromatic amines is 1. The number of hydrogen-bond donors (Lipinski definition) is 1. The summed E-state index contributed by atoms with van der Waals surface area (Å²) in [5.74, 6) is 0. The third-order valence-electron chi connectivity index (χ3n) is 1.73. The molecule has 0 aliphatic heterocycles. The number of aromatic nitrogens is 2. The van der Waals surface area contributed by atoms with E-state index in [2.05, 4.69) is 17.1 Å². The van der Waals surface area contributed by atoms with Gasteiger partial charge in [-0.2, -0.15) is 5.10 Å². The van der Waals surface area contributed by atoms with E-state index in [1.807, 2.05) is 0 Å². The predicted octanol–water partition coefficient (Wildman–Crippen LogP) is 3.32. The highest BCUT2D eigenvalue weighted by atomic mass is 32.1. The molecule has 0 saturated carbocycles. The third kappa shape index (κ3) is 3.45. The van der Waals surface area contributed by atoms with E-state index in [4.69, 9.17) is 12.2 Å². The molecule has 0 fully saturated rings. The molecule has 2 nitrogen and oxygen atoms in total. The summed E-state index contributed by atoms with van der Waals surface area (Å²) in [5.41, 5.74) is 0. The first-order valence-corrected chi connectivity index (χ1v) is 5.59. The summed E-state index contributed by atoms with van der Waals surface area (Å²) in [5, 5.41) is 8.04. The molecule has 1 N–H and O–H groups in total. The molecular formula is C8H14N2S2. The zero-order valence-corrected chi connectivity index (χ0v) is 8.93. The van der Waals surface area contributed by atoms with Crippen LogP contribution in [0.3, 0.4) is 0 Å². The Morgan fingerprint density at radius 1 is 1.42 bits per heavy atom. The van der Waals surface area contributed by atoms with Crippen LogP contribution in [0.2, 0.25) is 0 Å². The van der Waals surface area contributed by atoms with Crippen molar-refractivity contribution >= 4 is 23.6 Å². The maximum absolute atomic E-state index is 4.94. The molecule has 1 heterocycles. The lowest BCUT2D eigenvalue weighted by Crippen LogP contribution is -1.84. The molecule has 0 aromatic carbocycles. The Labute approximate surface area is 82.0 Å². The Morgan fingerprint density at radius 3 is 2.83 bits per heavy atom. The molecule has 0 bridgehead atoms. The van der Waals surface area contributed by atoms with Crippen molar-refractivity contribution in [1.82, 2.24) is 10.2 Å². The van der Waals surface area contributed by atoms with Crippen LogP contribution in [0.15, 0.2) is 0 Å². The van der Waals surface area contributed by atoms with Gasteiger partial charge in [0, 0.05) is 6.42 Å². The topological polar surface area (TPSA) is 28.7 Å². The van der Waals surface area contributed by atoms with Crippen molar-refractivity contribution in [2.75, 3.05) is 0 Å². The van der Waals surface area contributed by atoms with Gasteiger partial charge >= 0.3 is 0 Å². The van der Waals surface area contributed by atoms with Gasteiger partial charge in [0.1, 0.15) is 5.01 Å². The highest BCUT2D eigenvalue weighted by Gasteiger charge is 1.96. The molecule has 12 heavy (non-hydrogen) atoms. The highest BCUT2D eigenvalue weighted by Crippen LogP contribution is 2.10. The lowest BCUT2D eigenvalue weighted by molar-refractivity contribution is 0.663. The van der Waals surface area contributed by atoms with E-state index in [1.54, 1.807) is 11.3 Å². The summed E-state index contributed by atoms with van der Waals surface area (Å²) in [4.78, 5) is 0. The van der Waals surface area contributed by atoms with E-state index in [0.29, 0.717) is 0 Å². The zero-order chi connectivity index (χ0) is 8.81. The number of aryl methyl sites for hydroxylation is 1. The largest absolute Gasteiger partial charge is 0.258 e. The summed E-state index contributed by atoms with van der Waals surface area (Å²) in [7, 11) is 0. The monoisotopic (exact) mass is 202 g/mol. The number of nitrogens with zero attached hydrogens (tertiary/aromatic N) is 1. The van der Waals surface area contributed by atoms with Crippen LogP contribution in [-0.2, 0) is 6.42 Å². The van der Waals surface area contributed by atoms with Crippen molar-refractivity contribution in [2.45, 2.75) is 39.0 Å². The minimum absolute atomic E-state index is 0.792. The maximum Gasteiger partial charge on any atom is 0.176 e. The molecule has 0 aliphatic carbocycles. The van der Waals surface area contributed by atoms with Gasteiger partial charge in [0.25, 0.3) is 0 Å². The Kier molecular flexibility index (Phi) is 4.46. The van der Waals surface area contributed by atoms with Crippen molar-refractivity contribution in [3.63, 3.8) is 0 Å². The second kappa shape index (κ2) is 5.43. The summed E-state index contributed by atoms with van der Waals surface area (Å²) in [6.45, 7) is 2.22. The van der Waals surface area contributed by atoms with Gasteiger partial charge in [-0.1, -0.05) is 37.5 Å². The third-order valence-corrected chi connectivity index (χ3v) is 2.88. The van der Waals surface area contributed by atoms with E-state index in [0.717, 1.165) is 15.4 Å². The fourth-order valence-corrected chi connectivity index (χ4v) is 2.05. The molecule has 1 aromatic rings. The highest BCUT2D eigenvalue weighted by molar-refractivity contribution is 7.73. The minimum Gasteiger partial charge on any atom is -0.258 e. The lowest BCUT2D eigenvalue weighted by Gasteiger charge is -1.94. The smallest absolute Gasteiger partial charge is 0.176 e. The molecule has 0 atom stereocenters. The normalized spacial score (nSPS) is 10.4. The molecule has 4 heteroatoms. The van der Waals surface area contributed by atoms with Gasteiger partial charge in [0.2, 0.25) is 0 Å². The Balaban J connectivity index is 2.20. The zero-order valence-electron chi connectivity index (χ0n) is 7.30. The van der Waals surface area contributed by atoms with E-state index < -0.39 is 0 Å². The minimum atomic E-state index is 0.792. The maximum atomic E-state index is 4.94. The van der Waals surface area contributed by atoms with Crippen LogP contribution in [-0.4, -0.2) is 10.2 Å². The second-order valence-corrected chi connectivity index (χ2v) is 4.57. The number of nitrogens with one attached hydrogen (secondary N) is 1. The van der Waals surface area contributed by atoms with Gasteiger partial charge in [-0.3, -0.25) is 5.10 Å². The molecule has 0 amide bonds. The van der Waals surface area contributed by atoms with Crippen molar-refractivity contribution in [1.29, 1.82) is 0 Å². The SMILES string of the molecule is CCCCCCc1n[nH]c(=S)s1. The molecule has 0 saturated heterocycles. The summed E-state index contributed by atoms with van der Waals surface area (Å²) >= 11 is 6.53. The van der Waals surface area contributed by atoms with Gasteiger partial charge in [-0.15, -0.1) is 0 Å². The van der Waals surface area contributed by atoms with Gasteiger partial charge in [0.05, 0.1) is 0 Å². The summed E-state index contributed by atoms with van der Waals surface area (Å²) < 4.78 is 0.792. The first-order chi connectivity index (χ1) is 5.83. The standard InChI is InChI=1S/C8H14N2S2/c1-2-3-4-5-6-7-9-10-8(11)12-7/h2-6H2,1H3,(H,10,11). The van der Waals surface area contributed by atoms with Crippen LogP contribution in [0, 0.1) is 3.95 Å². The molecule has 0 radical (unpaired) electrons. The lowest BCUT2D eigenvalue weighted by atomic mass is 10.2. The summed E-state index contributed by atoms with van der Waals surface area (Å²) in [6, 6.07) is 0. The number of rotatable bonds is 5. The van der Waals surface area contributed by atoms with E-state index in [-0.39, 0.29) is 0 Å². The van der Waals surface area contributed by atoms with Gasteiger partial charge in [-0.05, 0) is 18.6 Å². The average Bonchev–Trinajstić information content (AvgIpc) is 2.45. The number of unbranched alkanes of at least 4 members (excludes halogenated alkanes) is 3. The molecule has 1 rings (SSSR count).